The van der Waals surface area contributed by atoms with E-state index in [1.54, 1.807) is 11.3 Å². The maximum atomic E-state index is 11.8. The molecule has 0 bridgehead atoms. The topological polar surface area (TPSA) is 41.5 Å². The van der Waals surface area contributed by atoms with Crippen LogP contribution in [0.4, 0.5) is 0 Å². The molecule has 98 valence electrons. The van der Waals surface area contributed by atoms with Crippen LogP contribution in [-0.4, -0.2) is 11.6 Å². The predicted octanol–water partition coefficient (Wildman–Crippen LogP) is 3.14. The average Bonchev–Trinajstić information content (AvgIpc) is 2.93. The van der Waals surface area contributed by atoms with Crippen LogP contribution in [0.15, 0.2) is 46.9 Å². The normalized spacial score (nSPS) is 11.4. The van der Waals surface area contributed by atoms with E-state index in [4.69, 9.17) is 0 Å². The molecular weight excluding hydrogens is 256 g/mol. The second-order valence-electron chi connectivity index (χ2n) is 4.37. The number of carbonyl (C=O) groups is 1. The molecule has 1 heterocycles. The Morgan fingerprint density at radius 1 is 1.26 bits per heavy atom. The number of hydrazone groups is 1. The number of carbonyl (C=O) groups excluding carboxylic acids is 1. The summed E-state index contributed by atoms with van der Waals surface area (Å²) in [5.41, 5.74) is 5.60. The van der Waals surface area contributed by atoms with E-state index in [9.17, 15) is 4.79 Å². The number of aryl methyl sites for hydroxylation is 1. The molecule has 2 rings (SSSR count). The molecule has 1 aromatic carbocycles. The molecule has 1 aromatic heterocycles. The Morgan fingerprint density at radius 3 is 2.63 bits per heavy atom. The lowest BCUT2D eigenvalue weighted by atomic mass is 10.1. The van der Waals surface area contributed by atoms with Crippen molar-refractivity contribution in [1.82, 2.24) is 5.43 Å². The molecule has 0 atom stereocenters. The van der Waals surface area contributed by atoms with Crippen molar-refractivity contribution in [2.45, 2.75) is 20.3 Å². The van der Waals surface area contributed by atoms with Crippen molar-refractivity contribution in [3.8, 4) is 0 Å². The minimum absolute atomic E-state index is 0.0974. The van der Waals surface area contributed by atoms with Crippen LogP contribution in [0.3, 0.4) is 0 Å². The van der Waals surface area contributed by atoms with Crippen LogP contribution < -0.4 is 5.43 Å². The third-order valence-corrected chi connectivity index (χ3v) is 3.69. The molecule has 2 aromatic rings. The number of rotatable bonds is 4. The number of nitrogens with one attached hydrogen (secondary N) is 1. The van der Waals surface area contributed by atoms with Gasteiger partial charge in [-0.25, -0.2) is 5.43 Å². The molecule has 0 aliphatic heterocycles. The zero-order chi connectivity index (χ0) is 13.7. The third kappa shape index (κ3) is 4.03. The Morgan fingerprint density at radius 2 is 2.00 bits per heavy atom. The van der Waals surface area contributed by atoms with Gasteiger partial charge in [-0.2, -0.15) is 5.10 Å². The highest BCUT2D eigenvalue weighted by molar-refractivity contribution is 7.12. The molecule has 19 heavy (non-hydrogen) atoms. The summed E-state index contributed by atoms with van der Waals surface area (Å²) >= 11 is 1.61. The van der Waals surface area contributed by atoms with Crippen molar-refractivity contribution in [2.75, 3.05) is 0 Å². The minimum Gasteiger partial charge on any atom is -0.273 e. The van der Waals surface area contributed by atoms with E-state index in [0.717, 1.165) is 16.2 Å². The smallest absolute Gasteiger partial charge is 0.244 e. The van der Waals surface area contributed by atoms with E-state index in [1.165, 1.54) is 5.56 Å². The van der Waals surface area contributed by atoms with Crippen molar-refractivity contribution >= 4 is 23.0 Å². The van der Waals surface area contributed by atoms with Crippen molar-refractivity contribution in [1.29, 1.82) is 0 Å². The number of amides is 1. The lowest BCUT2D eigenvalue weighted by Crippen LogP contribution is -2.21. The average molecular weight is 272 g/mol. The van der Waals surface area contributed by atoms with Crippen LogP contribution in [0.25, 0.3) is 0 Å². The van der Waals surface area contributed by atoms with E-state index in [-0.39, 0.29) is 5.91 Å². The molecule has 0 aliphatic rings. The second kappa shape index (κ2) is 6.29. The largest absolute Gasteiger partial charge is 0.273 e. The van der Waals surface area contributed by atoms with Gasteiger partial charge in [0.15, 0.2) is 0 Å². The number of nitrogens with zero attached hydrogens (tertiary/aromatic N) is 1. The Kier molecular flexibility index (Phi) is 4.47. The summed E-state index contributed by atoms with van der Waals surface area (Å²) in [4.78, 5) is 12.8. The first kappa shape index (κ1) is 13.5. The van der Waals surface area contributed by atoms with Gasteiger partial charge in [0.05, 0.1) is 12.1 Å². The fraction of sp³-hybridized carbons (Fsp3) is 0.200. The molecule has 1 N–H and O–H groups in total. The molecule has 0 spiro atoms. The maximum Gasteiger partial charge on any atom is 0.244 e. The number of hydrogen-bond acceptors (Lipinski definition) is 3. The fourth-order valence-corrected chi connectivity index (χ4v) is 2.29. The molecule has 0 radical (unpaired) electrons. The highest BCUT2D eigenvalue weighted by Crippen LogP contribution is 2.09. The molecule has 0 fully saturated rings. The standard InChI is InChI=1S/C15H16N2OS/c1-11-5-7-13(8-6-11)10-15(18)17-16-12(2)14-4-3-9-19-14/h3-9H,10H2,1-2H3,(H,17,18)/b16-12-. The summed E-state index contributed by atoms with van der Waals surface area (Å²) in [6, 6.07) is 11.9. The Balaban J connectivity index is 1.91. The molecule has 1 amide bonds. The van der Waals surface area contributed by atoms with Crippen molar-refractivity contribution in [3.63, 3.8) is 0 Å². The van der Waals surface area contributed by atoms with Gasteiger partial charge in [-0.1, -0.05) is 35.9 Å². The van der Waals surface area contributed by atoms with E-state index >= 15 is 0 Å². The van der Waals surface area contributed by atoms with Gasteiger partial charge in [0.2, 0.25) is 5.91 Å². The maximum absolute atomic E-state index is 11.8. The number of benzene rings is 1. The summed E-state index contributed by atoms with van der Waals surface area (Å²) in [5, 5.41) is 6.10. The van der Waals surface area contributed by atoms with Crippen LogP contribution in [0, 0.1) is 6.92 Å². The SMILES string of the molecule is C/C(=N/NC(=O)Cc1ccc(C)cc1)c1cccs1. The molecule has 0 aliphatic carbocycles. The molecule has 0 saturated heterocycles. The Hall–Kier alpha value is -1.94. The van der Waals surface area contributed by atoms with Gasteiger partial charge < -0.3 is 0 Å². The minimum atomic E-state index is -0.0974. The van der Waals surface area contributed by atoms with E-state index in [1.807, 2.05) is 55.6 Å². The second-order valence-corrected chi connectivity index (χ2v) is 5.32. The number of hydrogen-bond donors (Lipinski definition) is 1. The summed E-state index contributed by atoms with van der Waals surface area (Å²) in [5.74, 6) is -0.0974. The van der Waals surface area contributed by atoms with Gasteiger partial charge in [-0.15, -0.1) is 11.3 Å². The Labute approximate surface area is 117 Å². The first-order chi connectivity index (χ1) is 9.15. The lowest BCUT2D eigenvalue weighted by molar-refractivity contribution is -0.120. The van der Waals surface area contributed by atoms with Crippen LogP contribution in [0.2, 0.25) is 0 Å². The van der Waals surface area contributed by atoms with Gasteiger partial charge in [-0.05, 0) is 30.9 Å². The van der Waals surface area contributed by atoms with Crippen LogP contribution in [0.1, 0.15) is 22.9 Å². The quantitative estimate of drug-likeness (QED) is 0.674. The summed E-state index contributed by atoms with van der Waals surface area (Å²) in [7, 11) is 0. The van der Waals surface area contributed by atoms with Crippen molar-refractivity contribution < 1.29 is 4.79 Å². The number of thiophene rings is 1. The van der Waals surface area contributed by atoms with Crippen LogP contribution in [0.5, 0.6) is 0 Å². The highest BCUT2D eigenvalue weighted by Gasteiger charge is 2.03. The Bertz CT molecular complexity index is 571. The van der Waals surface area contributed by atoms with Gasteiger partial charge in [0, 0.05) is 4.88 Å². The van der Waals surface area contributed by atoms with Crippen LogP contribution in [-0.2, 0) is 11.2 Å². The van der Waals surface area contributed by atoms with Gasteiger partial charge >= 0.3 is 0 Å². The predicted molar refractivity (Wildman–Crippen MR) is 79.6 cm³/mol. The first-order valence-corrected chi connectivity index (χ1v) is 6.95. The molecule has 0 saturated carbocycles. The van der Waals surface area contributed by atoms with E-state index < -0.39 is 0 Å². The van der Waals surface area contributed by atoms with Crippen molar-refractivity contribution in [3.05, 3.63) is 57.8 Å². The summed E-state index contributed by atoms with van der Waals surface area (Å²) < 4.78 is 0. The highest BCUT2D eigenvalue weighted by atomic mass is 32.1. The molecular formula is C15H16N2OS. The first-order valence-electron chi connectivity index (χ1n) is 6.07. The lowest BCUT2D eigenvalue weighted by Gasteiger charge is -2.02. The molecule has 3 nitrogen and oxygen atoms in total. The van der Waals surface area contributed by atoms with Gasteiger partial charge in [0.1, 0.15) is 0 Å². The fourth-order valence-electron chi connectivity index (χ4n) is 1.62. The molecule has 4 heteroatoms. The van der Waals surface area contributed by atoms with Gasteiger partial charge in [0.25, 0.3) is 0 Å². The van der Waals surface area contributed by atoms with Crippen molar-refractivity contribution in [2.24, 2.45) is 5.10 Å². The van der Waals surface area contributed by atoms with E-state index in [2.05, 4.69) is 10.5 Å². The van der Waals surface area contributed by atoms with E-state index in [0.29, 0.717) is 6.42 Å². The monoisotopic (exact) mass is 272 g/mol. The zero-order valence-electron chi connectivity index (χ0n) is 11.0. The third-order valence-electron chi connectivity index (χ3n) is 2.71. The van der Waals surface area contributed by atoms with Crippen LogP contribution >= 0.6 is 11.3 Å². The molecule has 0 unspecified atom stereocenters. The summed E-state index contributed by atoms with van der Waals surface area (Å²) in [6.45, 7) is 3.91. The summed E-state index contributed by atoms with van der Waals surface area (Å²) in [6.07, 6.45) is 0.349. The zero-order valence-corrected chi connectivity index (χ0v) is 11.8. The van der Waals surface area contributed by atoms with Gasteiger partial charge in [-0.3, -0.25) is 4.79 Å².